The van der Waals surface area contributed by atoms with E-state index in [1.54, 1.807) is 18.3 Å². The van der Waals surface area contributed by atoms with Crippen molar-refractivity contribution < 1.29 is 0 Å². The normalized spacial score (nSPS) is 10.2. The van der Waals surface area contributed by atoms with E-state index in [1.807, 2.05) is 16.9 Å². The summed E-state index contributed by atoms with van der Waals surface area (Å²) in [5, 5.41) is 13.4. The largest absolute Gasteiger partial charge is 0.399 e. The number of unbranched alkanes of at least 4 members (excludes halogenated alkanes) is 1. The lowest BCUT2D eigenvalue weighted by Gasteiger charge is -2.02. The van der Waals surface area contributed by atoms with Crippen LogP contribution in [0.2, 0.25) is 0 Å². The van der Waals surface area contributed by atoms with Crippen molar-refractivity contribution in [3.8, 4) is 17.2 Å². The van der Waals surface area contributed by atoms with Gasteiger partial charge in [0.2, 0.25) is 0 Å². The van der Waals surface area contributed by atoms with E-state index in [1.165, 1.54) is 0 Å². The van der Waals surface area contributed by atoms with Crippen LogP contribution < -0.4 is 5.73 Å². The Balaban J connectivity index is 2.31. The summed E-state index contributed by atoms with van der Waals surface area (Å²) in [5.41, 5.74) is 8.72. The number of nitrogens with zero attached hydrogens (tertiary/aromatic N) is 3. The summed E-state index contributed by atoms with van der Waals surface area (Å²) in [4.78, 5) is 0. The molecular formula is C14H16N4. The highest BCUT2D eigenvalue weighted by atomic mass is 15.3. The first-order chi connectivity index (χ1) is 8.74. The van der Waals surface area contributed by atoms with Gasteiger partial charge in [0, 0.05) is 29.6 Å². The van der Waals surface area contributed by atoms with E-state index in [0.717, 1.165) is 30.5 Å². The van der Waals surface area contributed by atoms with Crippen molar-refractivity contribution in [2.75, 3.05) is 5.73 Å². The monoisotopic (exact) mass is 240 g/mol. The van der Waals surface area contributed by atoms with Crippen LogP contribution in [0.1, 0.15) is 25.3 Å². The molecule has 0 unspecified atom stereocenters. The van der Waals surface area contributed by atoms with Crippen LogP contribution in [0.4, 0.5) is 5.69 Å². The van der Waals surface area contributed by atoms with E-state index >= 15 is 0 Å². The third-order valence-electron chi connectivity index (χ3n) is 2.85. The number of rotatable bonds is 4. The van der Waals surface area contributed by atoms with Gasteiger partial charge in [-0.25, -0.2) is 0 Å². The van der Waals surface area contributed by atoms with Crippen molar-refractivity contribution in [3.05, 3.63) is 36.2 Å². The van der Waals surface area contributed by atoms with Gasteiger partial charge >= 0.3 is 0 Å². The Morgan fingerprint density at radius 2 is 2.28 bits per heavy atom. The van der Waals surface area contributed by atoms with Gasteiger partial charge in [-0.1, -0.05) is 19.4 Å². The van der Waals surface area contributed by atoms with Gasteiger partial charge in [-0.15, -0.1) is 0 Å². The molecule has 0 atom stereocenters. The molecule has 2 rings (SSSR count). The molecule has 1 heterocycles. The van der Waals surface area contributed by atoms with Crippen molar-refractivity contribution in [1.29, 1.82) is 5.26 Å². The molecule has 0 radical (unpaired) electrons. The molecule has 0 aliphatic rings. The molecule has 4 heteroatoms. The molecule has 1 aromatic heterocycles. The third-order valence-corrected chi connectivity index (χ3v) is 2.85. The lowest BCUT2D eigenvalue weighted by atomic mass is 10.0. The van der Waals surface area contributed by atoms with Crippen LogP contribution in [0.3, 0.4) is 0 Å². The summed E-state index contributed by atoms with van der Waals surface area (Å²) in [7, 11) is 0. The Bertz CT molecular complexity index is 578. The van der Waals surface area contributed by atoms with E-state index in [0.29, 0.717) is 11.3 Å². The minimum Gasteiger partial charge on any atom is -0.399 e. The van der Waals surface area contributed by atoms with Crippen molar-refractivity contribution >= 4 is 5.69 Å². The number of anilines is 1. The minimum absolute atomic E-state index is 0.588. The Hall–Kier alpha value is -2.28. The number of nitrogens with two attached hydrogens (primary N) is 1. The fraction of sp³-hybridized carbons (Fsp3) is 0.286. The molecule has 0 saturated heterocycles. The molecule has 1 aromatic carbocycles. The quantitative estimate of drug-likeness (QED) is 0.835. The maximum absolute atomic E-state index is 9.12. The molecule has 2 aromatic rings. The molecule has 2 N–H and O–H groups in total. The summed E-state index contributed by atoms with van der Waals surface area (Å²) in [6.45, 7) is 3.06. The number of nitriles is 1. The van der Waals surface area contributed by atoms with E-state index in [2.05, 4.69) is 18.1 Å². The Labute approximate surface area is 107 Å². The highest BCUT2D eigenvalue weighted by Gasteiger charge is 2.07. The second-order valence-electron chi connectivity index (χ2n) is 4.26. The summed E-state index contributed by atoms with van der Waals surface area (Å²) < 4.78 is 1.91. The molecule has 0 fully saturated rings. The van der Waals surface area contributed by atoms with Gasteiger partial charge in [-0.05, 0) is 18.6 Å². The number of hydrogen-bond acceptors (Lipinski definition) is 3. The van der Waals surface area contributed by atoms with Crippen LogP contribution >= 0.6 is 0 Å². The predicted octanol–water partition coefficient (Wildman–Crippen LogP) is 2.80. The van der Waals surface area contributed by atoms with Gasteiger partial charge in [-0.2, -0.15) is 10.4 Å². The van der Waals surface area contributed by atoms with Crippen molar-refractivity contribution in [1.82, 2.24) is 9.78 Å². The zero-order valence-electron chi connectivity index (χ0n) is 10.4. The molecule has 18 heavy (non-hydrogen) atoms. The third kappa shape index (κ3) is 2.51. The summed E-state index contributed by atoms with van der Waals surface area (Å²) >= 11 is 0. The first-order valence-corrected chi connectivity index (χ1v) is 6.07. The Kier molecular flexibility index (Phi) is 3.63. The van der Waals surface area contributed by atoms with Crippen molar-refractivity contribution in [2.24, 2.45) is 0 Å². The van der Waals surface area contributed by atoms with Gasteiger partial charge in [-0.3, -0.25) is 4.68 Å². The lowest BCUT2D eigenvalue weighted by Crippen LogP contribution is -1.96. The average Bonchev–Trinajstić information content (AvgIpc) is 2.84. The van der Waals surface area contributed by atoms with E-state index < -0.39 is 0 Å². The molecule has 0 bridgehead atoms. The van der Waals surface area contributed by atoms with Crippen LogP contribution in [0.15, 0.2) is 30.6 Å². The standard InChI is InChI=1S/C14H16N4/c1-2-3-6-18-10-12(9-17-18)14-5-4-13(16)7-11(14)8-15/h4-5,7,9-10H,2-3,6,16H2,1H3. The first-order valence-electron chi connectivity index (χ1n) is 6.07. The van der Waals surface area contributed by atoms with Gasteiger partial charge < -0.3 is 5.73 Å². The molecule has 0 aliphatic carbocycles. The molecule has 0 amide bonds. The smallest absolute Gasteiger partial charge is 0.0998 e. The molecule has 0 saturated carbocycles. The van der Waals surface area contributed by atoms with Gasteiger partial charge in [0.25, 0.3) is 0 Å². The SMILES string of the molecule is CCCCn1cc(-c2ccc(N)cc2C#N)cn1. The van der Waals surface area contributed by atoms with Crippen LogP contribution in [0, 0.1) is 11.3 Å². The second-order valence-corrected chi connectivity index (χ2v) is 4.26. The van der Waals surface area contributed by atoms with E-state index in [9.17, 15) is 0 Å². The van der Waals surface area contributed by atoms with Gasteiger partial charge in [0.05, 0.1) is 17.8 Å². The molecule has 4 nitrogen and oxygen atoms in total. The van der Waals surface area contributed by atoms with Crippen LogP contribution in [-0.4, -0.2) is 9.78 Å². The fourth-order valence-corrected chi connectivity index (χ4v) is 1.85. The van der Waals surface area contributed by atoms with Crippen LogP contribution in [0.5, 0.6) is 0 Å². The average molecular weight is 240 g/mol. The first kappa shape index (κ1) is 12.2. The molecule has 0 aliphatic heterocycles. The number of aryl methyl sites for hydroxylation is 1. The predicted molar refractivity (Wildman–Crippen MR) is 71.7 cm³/mol. The molecule has 0 spiro atoms. The van der Waals surface area contributed by atoms with Gasteiger partial charge in [0.15, 0.2) is 0 Å². The number of aromatic nitrogens is 2. The maximum atomic E-state index is 9.12. The lowest BCUT2D eigenvalue weighted by molar-refractivity contribution is 0.572. The minimum atomic E-state index is 0.588. The Morgan fingerprint density at radius 3 is 3.00 bits per heavy atom. The van der Waals surface area contributed by atoms with E-state index in [4.69, 9.17) is 11.0 Å². The van der Waals surface area contributed by atoms with Crippen molar-refractivity contribution in [2.45, 2.75) is 26.3 Å². The summed E-state index contributed by atoms with van der Waals surface area (Å²) in [5.74, 6) is 0. The number of nitrogen functional groups attached to an aromatic ring is 1. The number of hydrogen-bond donors (Lipinski definition) is 1. The Morgan fingerprint density at radius 1 is 1.44 bits per heavy atom. The molecule has 92 valence electrons. The topological polar surface area (TPSA) is 67.6 Å². The fourth-order valence-electron chi connectivity index (χ4n) is 1.85. The highest BCUT2D eigenvalue weighted by molar-refractivity contribution is 5.71. The van der Waals surface area contributed by atoms with Crippen molar-refractivity contribution in [3.63, 3.8) is 0 Å². The maximum Gasteiger partial charge on any atom is 0.0998 e. The van der Waals surface area contributed by atoms with Gasteiger partial charge in [0.1, 0.15) is 0 Å². The summed E-state index contributed by atoms with van der Waals surface area (Å²) in [6.07, 6.45) is 6.01. The van der Waals surface area contributed by atoms with Crippen LogP contribution in [0.25, 0.3) is 11.1 Å². The zero-order valence-corrected chi connectivity index (χ0v) is 10.4. The highest BCUT2D eigenvalue weighted by Crippen LogP contribution is 2.24. The van der Waals surface area contributed by atoms with E-state index in [-0.39, 0.29) is 0 Å². The number of benzene rings is 1. The molecular weight excluding hydrogens is 224 g/mol. The summed E-state index contributed by atoms with van der Waals surface area (Å²) in [6, 6.07) is 7.54. The van der Waals surface area contributed by atoms with Crippen LogP contribution in [-0.2, 0) is 6.54 Å². The second kappa shape index (κ2) is 5.37. The zero-order chi connectivity index (χ0) is 13.0.